The SMILES string of the molecule is N#Cc1ccc(CN2C(=O)COCC2=O)c(Cl)c1. The van der Waals surface area contributed by atoms with Crippen molar-refractivity contribution in [3.8, 4) is 6.07 Å². The summed E-state index contributed by atoms with van der Waals surface area (Å²) in [4.78, 5) is 24.2. The van der Waals surface area contributed by atoms with E-state index in [-0.39, 0.29) is 31.6 Å². The molecule has 2 rings (SSSR count). The molecule has 6 heteroatoms. The van der Waals surface area contributed by atoms with Gasteiger partial charge in [0.1, 0.15) is 13.2 Å². The highest BCUT2D eigenvalue weighted by molar-refractivity contribution is 6.31. The summed E-state index contributed by atoms with van der Waals surface area (Å²) < 4.78 is 4.81. The van der Waals surface area contributed by atoms with Crippen LogP contribution in [0.15, 0.2) is 18.2 Å². The number of nitriles is 1. The topological polar surface area (TPSA) is 70.4 Å². The van der Waals surface area contributed by atoms with Crippen LogP contribution in [0.5, 0.6) is 0 Å². The molecular formula is C12H9ClN2O3. The molecule has 0 saturated carbocycles. The van der Waals surface area contributed by atoms with Gasteiger partial charge in [0, 0.05) is 5.02 Å². The number of hydrogen-bond donors (Lipinski definition) is 0. The largest absolute Gasteiger partial charge is 0.362 e. The van der Waals surface area contributed by atoms with Crippen LogP contribution in [0, 0.1) is 11.3 Å². The fourth-order valence-corrected chi connectivity index (χ4v) is 1.85. The highest BCUT2D eigenvalue weighted by Gasteiger charge is 2.27. The number of rotatable bonds is 2. The maximum Gasteiger partial charge on any atom is 0.255 e. The third-order valence-electron chi connectivity index (χ3n) is 2.56. The van der Waals surface area contributed by atoms with Crippen molar-refractivity contribution >= 4 is 23.4 Å². The summed E-state index contributed by atoms with van der Waals surface area (Å²) in [7, 11) is 0. The fraction of sp³-hybridized carbons (Fsp3) is 0.250. The number of carbonyl (C=O) groups excluding carboxylic acids is 2. The summed E-state index contributed by atoms with van der Waals surface area (Å²) in [6.07, 6.45) is 0. The second-order valence-corrected chi connectivity index (χ2v) is 4.19. The normalized spacial score (nSPS) is 15.7. The summed E-state index contributed by atoms with van der Waals surface area (Å²) in [5.74, 6) is -0.765. The highest BCUT2D eigenvalue weighted by Crippen LogP contribution is 2.20. The molecule has 0 aromatic heterocycles. The van der Waals surface area contributed by atoms with Crippen molar-refractivity contribution in [2.24, 2.45) is 0 Å². The van der Waals surface area contributed by atoms with Gasteiger partial charge in [-0.3, -0.25) is 14.5 Å². The Morgan fingerprint density at radius 1 is 1.33 bits per heavy atom. The molecule has 1 aromatic carbocycles. The first-order chi connectivity index (χ1) is 8.61. The van der Waals surface area contributed by atoms with Crippen molar-refractivity contribution in [2.45, 2.75) is 6.54 Å². The van der Waals surface area contributed by atoms with Crippen LogP contribution >= 0.6 is 11.6 Å². The van der Waals surface area contributed by atoms with Crippen molar-refractivity contribution in [3.05, 3.63) is 34.3 Å². The average Bonchev–Trinajstić information content (AvgIpc) is 2.35. The number of benzene rings is 1. The molecule has 0 radical (unpaired) electrons. The zero-order valence-corrected chi connectivity index (χ0v) is 10.1. The van der Waals surface area contributed by atoms with Crippen molar-refractivity contribution in [2.75, 3.05) is 13.2 Å². The Bertz CT molecular complexity index is 535. The molecule has 1 saturated heterocycles. The van der Waals surface area contributed by atoms with Crippen LogP contribution in [0.25, 0.3) is 0 Å². The predicted molar refractivity (Wildman–Crippen MR) is 62.5 cm³/mol. The molecule has 0 unspecified atom stereocenters. The molecule has 5 nitrogen and oxygen atoms in total. The third-order valence-corrected chi connectivity index (χ3v) is 2.92. The number of imide groups is 1. The van der Waals surface area contributed by atoms with E-state index < -0.39 is 0 Å². The molecule has 1 aliphatic heterocycles. The first kappa shape index (κ1) is 12.6. The molecule has 0 atom stereocenters. The summed E-state index contributed by atoms with van der Waals surface area (Å²) >= 11 is 5.99. The van der Waals surface area contributed by atoms with Crippen LogP contribution in [0.2, 0.25) is 5.02 Å². The molecule has 1 aromatic rings. The second kappa shape index (κ2) is 5.17. The van der Waals surface area contributed by atoms with Gasteiger partial charge in [0.15, 0.2) is 0 Å². The Morgan fingerprint density at radius 2 is 2.00 bits per heavy atom. The Hall–Kier alpha value is -1.90. The van der Waals surface area contributed by atoms with Crippen LogP contribution in [0.3, 0.4) is 0 Å². The number of carbonyl (C=O) groups is 2. The standard InChI is InChI=1S/C12H9ClN2O3/c13-10-3-8(4-14)1-2-9(10)5-15-11(16)6-18-7-12(15)17/h1-3H,5-7H2. The third kappa shape index (κ3) is 2.50. The van der Waals surface area contributed by atoms with Gasteiger partial charge in [0.2, 0.25) is 0 Å². The maximum atomic E-state index is 11.5. The molecule has 0 bridgehead atoms. The van der Waals surface area contributed by atoms with E-state index in [4.69, 9.17) is 21.6 Å². The molecule has 18 heavy (non-hydrogen) atoms. The number of ether oxygens (including phenoxy) is 1. The Kier molecular flexibility index (Phi) is 3.60. The smallest absolute Gasteiger partial charge is 0.255 e. The van der Waals surface area contributed by atoms with E-state index in [1.807, 2.05) is 6.07 Å². The minimum atomic E-state index is -0.383. The van der Waals surface area contributed by atoms with Crippen LogP contribution in [-0.4, -0.2) is 29.9 Å². The van der Waals surface area contributed by atoms with E-state index in [1.54, 1.807) is 12.1 Å². The van der Waals surface area contributed by atoms with Crippen LogP contribution in [0.4, 0.5) is 0 Å². The molecule has 2 amide bonds. The van der Waals surface area contributed by atoms with Crippen molar-refractivity contribution in [1.29, 1.82) is 5.26 Å². The predicted octanol–water partition coefficient (Wildman–Crippen LogP) is 1.10. The Labute approximate surface area is 109 Å². The minimum absolute atomic E-state index is 0.0976. The van der Waals surface area contributed by atoms with Gasteiger partial charge < -0.3 is 4.74 Å². The average molecular weight is 265 g/mol. The molecule has 0 N–H and O–H groups in total. The monoisotopic (exact) mass is 264 g/mol. The zero-order valence-electron chi connectivity index (χ0n) is 9.35. The van der Waals surface area contributed by atoms with Crippen molar-refractivity contribution in [1.82, 2.24) is 4.90 Å². The van der Waals surface area contributed by atoms with Gasteiger partial charge in [-0.1, -0.05) is 17.7 Å². The van der Waals surface area contributed by atoms with Crippen LogP contribution < -0.4 is 0 Å². The van der Waals surface area contributed by atoms with E-state index >= 15 is 0 Å². The maximum absolute atomic E-state index is 11.5. The molecule has 1 heterocycles. The van der Waals surface area contributed by atoms with E-state index in [9.17, 15) is 9.59 Å². The van der Waals surface area contributed by atoms with Crippen molar-refractivity contribution < 1.29 is 14.3 Å². The minimum Gasteiger partial charge on any atom is -0.362 e. The Morgan fingerprint density at radius 3 is 2.56 bits per heavy atom. The van der Waals surface area contributed by atoms with E-state index in [0.29, 0.717) is 16.1 Å². The lowest BCUT2D eigenvalue weighted by molar-refractivity contribution is -0.159. The van der Waals surface area contributed by atoms with Crippen LogP contribution in [0.1, 0.15) is 11.1 Å². The highest BCUT2D eigenvalue weighted by atomic mass is 35.5. The van der Waals surface area contributed by atoms with E-state index in [2.05, 4.69) is 0 Å². The van der Waals surface area contributed by atoms with Gasteiger partial charge >= 0.3 is 0 Å². The lowest BCUT2D eigenvalue weighted by atomic mass is 10.1. The molecular weight excluding hydrogens is 256 g/mol. The van der Waals surface area contributed by atoms with E-state index in [1.165, 1.54) is 6.07 Å². The molecule has 1 fully saturated rings. The number of hydrogen-bond acceptors (Lipinski definition) is 4. The summed E-state index contributed by atoms with van der Waals surface area (Å²) in [5.41, 5.74) is 1.06. The van der Waals surface area contributed by atoms with Gasteiger partial charge in [0.25, 0.3) is 11.8 Å². The van der Waals surface area contributed by atoms with Gasteiger partial charge in [-0.2, -0.15) is 5.26 Å². The zero-order chi connectivity index (χ0) is 13.1. The Balaban J connectivity index is 2.21. The lowest BCUT2D eigenvalue weighted by Crippen LogP contribution is -2.45. The number of halogens is 1. The first-order valence-corrected chi connectivity index (χ1v) is 5.59. The van der Waals surface area contributed by atoms with Gasteiger partial charge in [-0.05, 0) is 17.7 Å². The molecule has 0 spiro atoms. The van der Waals surface area contributed by atoms with Gasteiger partial charge in [0.05, 0.1) is 18.2 Å². The van der Waals surface area contributed by atoms with Crippen molar-refractivity contribution in [3.63, 3.8) is 0 Å². The quantitative estimate of drug-likeness (QED) is 0.750. The van der Waals surface area contributed by atoms with E-state index in [0.717, 1.165) is 4.90 Å². The molecule has 92 valence electrons. The van der Waals surface area contributed by atoms with Gasteiger partial charge in [-0.25, -0.2) is 0 Å². The lowest BCUT2D eigenvalue weighted by Gasteiger charge is -2.25. The molecule has 0 aliphatic carbocycles. The van der Waals surface area contributed by atoms with Gasteiger partial charge in [-0.15, -0.1) is 0 Å². The number of morpholine rings is 1. The number of nitrogens with zero attached hydrogens (tertiary/aromatic N) is 2. The summed E-state index contributed by atoms with van der Waals surface area (Å²) in [6, 6.07) is 6.70. The molecule has 1 aliphatic rings. The second-order valence-electron chi connectivity index (χ2n) is 3.78. The first-order valence-electron chi connectivity index (χ1n) is 5.21. The fourth-order valence-electron chi connectivity index (χ4n) is 1.61. The number of amides is 2. The summed E-state index contributed by atoms with van der Waals surface area (Å²) in [5, 5.41) is 9.08. The summed E-state index contributed by atoms with van der Waals surface area (Å²) in [6.45, 7) is -0.0924. The van der Waals surface area contributed by atoms with Crippen LogP contribution in [-0.2, 0) is 20.9 Å².